The first kappa shape index (κ1) is 34.1. The van der Waals surface area contributed by atoms with Crippen LogP contribution in [0.15, 0.2) is 35.9 Å². The Kier molecular flexibility index (Phi) is 8.26. The molecule has 8 atom stereocenters. The fourth-order valence-corrected chi connectivity index (χ4v) is 11.9. The van der Waals surface area contributed by atoms with Gasteiger partial charge in [0.25, 0.3) is 0 Å². The maximum absolute atomic E-state index is 13.5. The third-order valence-corrected chi connectivity index (χ3v) is 14.8. The molecule has 0 bridgehead atoms. The van der Waals surface area contributed by atoms with Gasteiger partial charge >= 0.3 is 11.9 Å². The number of aliphatic carboxylic acids is 1. The van der Waals surface area contributed by atoms with Crippen molar-refractivity contribution < 1.29 is 34.4 Å². The predicted octanol–water partition coefficient (Wildman–Crippen LogP) is 8.18. The number of carboxylic acids is 1. The molecule has 1 aromatic rings. The molecule has 0 saturated heterocycles. The molecule has 3 N–H and O–H groups in total. The monoisotopic (exact) mass is 648 g/mol. The Hall–Kier alpha value is -2.80. The van der Waals surface area contributed by atoms with Gasteiger partial charge in [-0.15, -0.1) is 0 Å². The molecule has 5 aliphatic carbocycles. The van der Waals surface area contributed by atoms with Crippen molar-refractivity contribution in [3.8, 4) is 11.5 Å². The van der Waals surface area contributed by atoms with E-state index >= 15 is 0 Å². The van der Waals surface area contributed by atoms with E-state index in [0.29, 0.717) is 42.4 Å². The highest BCUT2D eigenvalue weighted by atomic mass is 16.5. The van der Waals surface area contributed by atoms with Crippen LogP contribution in [-0.2, 0) is 14.3 Å². The van der Waals surface area contributed by atoms with Crippen molar-refractivity contribution in [1.82, 2.24) is 0 Å². The van der Waals surface area contributed by atoms with Crippen LogP contribution in [0.1, 0.15) is 111 Å². The summed E-state index contributed by atoms with van der Waals surface area (Å²) in [7, 11) is 1.49. The minimum Gasteiger partial charge on any atom is -0.504 e. The van der Waals surface area contributed by atoms with E-state index in [-0.39, 0.29) is 46.0 Å². The maximum atomic E-state index is 13.5. The minimum absolute atomic E-state index is 0.0137. The molecule has 4 saturated carbocycles. The molecule has 0 aliphatic heterocycles. The first-order valence-electron chi connectivity index (χ1n) is 17.8. The van der Waals surface area contributed by atoms with E-state index in [2.05, 4.69) is 47.6 Å². The Morgan fingerprint density at radius 3 is 2.38 bits per heavy atom. The second kappa shape index (κ2) is 11.4. The molecular formula is C40H56O7. The van der Waals surface area contributed by atoms with Crippen LogP contribution in [0.3, 0.4) is 0 Å². The quantitative estimate of drug-likeness (QED) is 0.162. The van der Waals surface area contributed by atoms with Crippen LogP contribution in [0.2, 0.25) is 0 Å². The van der Waals surface area contributed by atoms with Gasteiger partial charge < -0.3 is 24.8 Å². The lowest BCUT2D eigenvalue weighted by molar-refractivity contribution is -0.217. The van der Waals surface area contributed by atoms with Gasteiger partial charge in [0.2, 0.25) is 0 Å². The standard InChI is InChI=1S/C40H56O7/c1-35(2)18-19-39(34(44)45)20-21-40(24-47-33(43)13-9-25-8-11-28(41)29(22-25)46-7)26(27(39)23-35)10-12-31-37(5)16-15-32(42)36(3,4)30(37)14-17-38(31,40)6/h8-11,13,22,27,30-32,41-42H,12,14-21,23-24H2,1-7H3,(H,44,45)/b13-9+/t27-,30?,31?,32?,37-,38+,39?,40-/m0/s1. The number of carbonyl (C=O) groups is 2. The number of fused-ring (bicyclic) bond motifs is 7. The van der Waals surface area contributed by atoms with Gasteiger partial charge in [0.1, 0.15) is 6.61 Å². The molecule has 0 amide bonds. The topological polar surface area (TPSA) is 113 Å². The zero-order valence-electron chi connectivity index (χ0n) is 29.5. The summed E-state index contributed by atoms with van der Waals surface area (Å²) in [4.78, 5) is 26.6. The zero-order valence-corrected chi connectivity index (χ0v) is 29.5. The second-order valence-corrected chi connectivity index (χ2v) is 17.7. The van der Waals surface area contributed by atoms with Gasteiger partial charge in [-0.05, 0) is 127 Å². The number of esters is 1. The SMILES string of the molecule is COc1cc(/C=C/C(=O)OC[C@@]23CCC4(C(=O)O)CCC(C)(C)C[C@H]4C2=CCC2[C@@]4(C)CCC(O)C(C)(C)C4CC[C@]23C)ccc1O. The minimum atomic E-state index is -0.784. The van der Waals surface area contributed by atoms with Crippen molar-refractivity contribution in [2.45, 2.75) is 112 Å². The summed E-state index contributed by atoms with van der Waals surface area (Å²) in [6.07, 6.45) is 13.5. The average Bonchev–Trinajstić information content (AvgIpc) is 3.01. The molecule has 4 fully saturated rings. The number of benzene rings is 1. The van der Waals surface area contributed by atoms with Gasteiger partial charge in [0.15, 0.2) is 11.5 Å². The lowest BCUT2D eigenvalue weighted by Crippen LogP contribution is -2.66. The van der Waals surface area contributed by atoms with Crippen molar-refractivity contribution in [2.75, 3.05) is 13.7 Å². The summed E-state index contributed by atoms with van der Waals surface area (Å²) in [6.45, 7) is 14.1. The van der Waals surface area contributed by atoms with Crippen LogP contribution < -0.4 is 4.74 Å². The highest BCUT2D eigenvalue weighted by Crippen LogP contribution is 2.76. The summed E-state index contributed by atoms with van der Waals surface area (Å²) in [5, 5.41) is 31.9. The highest BCUT2D eigenvalue weighted by molar-refractivity contribution is 5.87. The van der Waals surface area contributed by atoms with Crippen molar-refractivity contribution in [2.24, 2.45) is 50.2 Å². The Labute approximate surface area is 280 Å². The smallest absolute Gasteiger partial charge is 0.330 e. The van der Waals surface area contributed by atoms with E-state index in [1.54, 1.807) is 18.2 Å². The molecule has 7 nitrogen and oxygen atoms in total. The van der Waals surface area contributed by atoms with Gasteiger partial charge in [-0.25, -0.2) is 4.79 Å². The largest absolute Gasteiger partial charge is 0.504 e. The molecule has 0 heterocycles. The van der Waals surface area contributed by atoms with Crippen LogP contribution in [0.25, 0.3) is 6.08 Å². The van der Waals surface area contributed by atoms with E-state index in [4.69, 9.17) is 9.47 Å². The molecule has 7 heteroatoms. The van der Waals surface area contributed by atoms with Gasteiger partial charge in [-0.2, -0.15) is 0 Å². The molecule has 4 unspecified atom stereocenters. The number of ether oxygens (including phenoxy) is 2. The summed E-state index contributed by atoms with van der Waals surface area (Å²) >= 11 is 0. The van der Waals surface area contributed by atoms with Gasteiger partial charge in [-0.3, -0.25) is 4.79 Å². The Morgan fingerprint density at radius 1 is 0.957 bits per heavy atom. The molecule has 6 rings (SSSR count). The van der Waals surface area contributed by atoms with Gasteiger partial charge in [0, 0.05) is 11.5 Å². The lowest BCUT2D eigenvalue weighted by atomic mass is 9.33. The molecular weight excluding hydrogens is 592 g/mol. The molecule has 0 aromatic heterocycles. The van der Waals surface area contributed by atoms with Crippen LogP contribution in [-0.4, -0.2) is 47.1 Å². The number of hydrogen-bond donors (Lipinski definition) is 3. The van der Waals surface area contributed by atoms with Gasteiger partial charge in [0.05, 0.1) is 18.6 Å². The maximum Gasteiger partial charge on any atom is 0.330 e. The van der Waals surface area contributed by atoms with E-state index in [1.807, 2.05) is 0 Å². The Bertz CT molecular complexity index is 1490. The van der Waals surface area contributed by atoms with E-state index in [0.717, 1.165) is 44.9 Å². The number of aliphatic hydroxyl groups excluding tert-OH is 1. The fourth-order valence-electron chi connectivity index (χ4n) is 11.9. The van der Waals surface area contributed by atoms with Crippen LogP contribution in [0.4, 0.5) is 0 Å². The Morgan fingerprint density at radius 2 is 1.68 bits per heavy atom. The fraction of sp³-hybridized carbons (Fsp3) is 0.700. The molecule has 1 aromatic carbocycles. The predicted molar refractivity (Wildman–Crippen MR) is 182 cm³/mol. The Balaban J connectivity index is 1.40. The van der Waals surface area contributed by atoms with Crippen molar-refractivity contribution in [3.63, 3.8) is 0 Å². The van der Waals surface area contributed by atoms with E-state index < -0.39 is 22.8 Å². The molecule has 258 valence electrons. The lowest BCUT2D eigenvalue weighted by Gasteiger charge is -2.71. The number of aliphatic hydroxyl groups is 1. The number of carboxylic acid groups (broad SMARTS) is 1. The van der Waals surface area contributed by atoms with Gasteiger partial charge in [-0.1, -0.05) is 59.3 Å². The highest BCUT2D eigenvalue weighted by Gasteiger charge is 2.70. The molecule has 47 heavy (non-hydrogen) atoms. The summed E-state index contributed by atoms with van der Waals surface area (Å²) in [6, 6.07) is 4.92. The van der Waals surface area contributed by atoms with Crippen molar-refractivity contribution in [1.29, 1.82) is 0 Å². The molecule has 5 aliphatic rings. The summed E-state index contributed by atoms with van der Waals surface area (Å²) < 4.78 is 11.5. The van der Waals surface area contributed by atoms with E-state index in [1.165, 1.54) is 24.8 Å². The molecule has 0 radical (unpaired) electrons. The third kappa shape index (κ3) is 5.08. The number of phenolic OH excluding ortho intramolecular Hbond substituents is 1. The first-order valence-corrected chi connectivity index (χ1v) is 17.8. The van der Waals surface area contributed by atoms with Crippen LogP contribution in [0.5, 0.6) is 11.5 Å². The number of hydrogen-bond acceptors (Lipinski definition) is 6. The number of carbonyl (C=O) groups excluding carboxylic acids is 1. The number of phenols is 1. The molecule has 0 spiro atoms. The van der Waals surface area contributed by atoms with Crippen molar-refractivity contribution >= 4 is 18.0 Å². The number of methoxy groups -OCH3 is 1. The number of rotatable bonds is 6. The average molecular weight is 649 g/mol. The van der Waals surface area contributed by atoms with Crippen LogP contribution in [0, 0.1) is 50.2 Å². The third-order valence-electron chi connectivity index (χ3n) is 14.8. The van der Waals surface area contributed by atoms with Crippen molar-refractivity contribution in [3.05, 3.63) is 41.5 Å². The van der Waals surface area contributed by atoms with E-state index in [9.17, 15) is 24.9 Å². The second-order valence-electron chi connectivity index (χ2n) is 17.7. The summed E-state index contributed by atoms with van der Waals surface area (Å²) in [5.41, 5.74) is 0.360. The first-order chi connectivity index (χ1) is 22.0. The number of aromatic hydroxyl groups is 1. The summed E-state index contributed by atoms with van der Waals surface area (Å²) in [5.74, 6) is -0.129. The zero-order chi connectivity index (χ0) is 34.2. The van der Waals surface area contributed by atoms with Crippen LogP contribution >= 0.6 is 0 Å². The normalized spacial score (nSPS) is 40.2. The number of allylic oxidation sites excluding steroid dienone is 1.